The number of benzene rings is 2. The Hall–Kier alpha value is -1.95. The highest BCUT2D eigenvalue weighted by atomic mass is 35.5. The van der Waals surface area contributed by atoms with Crippen molar-refractivity contribution in [3.63, 3.8) is 0 Å². The smallest absolute Gasteiger partial charge is 0.238 e. The van der Waals surface area contributed by atoms with Gasteiger partial charge >= 0.3 is 0 Å². The fourth-order valence-corrected chi connectivity index (χ4v) is 3.63. The van der Waals surface area contributed by atoms with Crippen LogP contribution in [0.5, 0.6) is 5.75 Å². The topological polar surface area (TPSA) is 44.8 Å². The first-order valence-corrected chi connectivity index (χ1v) is 9.77. The lowest BCUT2D eigenvalue weighted by Gasteiger charge is -2.36. The first-order chi connectivity index (χ1) is 13.1. The van der Waals surface area contributed by atoms with Gasteiger partial charge in [0.25, 0.3) is 0 Å². The molecular formula is C20H23Cl2N3O2. The number of anilines is 2. The summed E-state index contributed by atoms with van der Waals surface area (Å²) in [5.41, 5.74) is 1.57. The maximum atomic E-state index is 12.4. The third-order valence-corrected chi connectivity index (χ3v) is 5.10. The van der Waals surface area contributed by atoms with Crippen LogP contribution in [0.4, 0.5) is 11.4 Å². The van der Waals surface area contributed by atoms with Crippen molar-refractivity contribution in [2.24, 2.45) is 0 Å². The van der Waals surface area contributed by atoms with E-state index < -0.39 is 0 Å². The van der Waals surface area contributed by atoms with Crippen molar-refractivity contribution in [1.82, 2.24) is 4.90 Å². The van der Waals surface area contributed by atoms with Gasteiger partial charge in [0.2, 0.25) is 5.91 Å². The lowest BCUT2D eigenvalue weighted by atomic mass is 10.2. The third kappa shape index (κ3) is 5.06. The number of carbonyl (C=O) groups is 1. The van der Waals surface area contributed by atoms with Gasteiger partial charge in [-0.2, -0.15) is 0 Å². The van der Waals surface area contributed by atoms with E-state index in [1.807, 2.05) is 25.1 Å². The number of amides is 1. The molecule has 1 aliphatic rings. The number of rotatable bonds is 6. The van der Waals surface area contributed by atoms with Crippen LogP contribution < -0.4 is 15.0 Å². The number of nitrogens with zero attached hydrogens (tertiary/aromatic N) is 2. The molecule has 0 aromatic heterocycles. The number of halogens is 2. The van der Waals surface area contributed by atoms with Gasteiger partial charge in [0.05, 0.1) is 34.6 Å². The van der Waals surface area contributed by atoms with Gasteiger partial charge in [0.15, 0.2) is 0 Å². The first-order valence-electron chi connectivity index (χ1n) is 9.01. The number of piperazine rings is 1. The minimum Gasteiger partial charge on any atom is -0.492 e. The highest BCUT2D eigenvalue weighted by Gasteiger charge is 2.21. The van der Waals surface area contributed by atoms with E-state index in [0.717, 1.165) is 37.6 Å². The van der Waals surface area contributed by atoms with Crippen molar-refractivity contribution in [3.8, 4) is 5.75 Å². The number of hydrogen-bond donors (Lipinski definition) is 1. The lowest BCUT2D eigenvalue weighted by molar-refractivity contribution is -0.117. The third-order valence-electron chi connectivity index (χ3n) is 4.47. The van der Waals surface area contributed by atoms with E-state index in [1.165, 1.54) is 0 Å². The standard InChI is InChI=1S/C20H23Cl2N3O2/c1-2-27-18-9-4-3-8-17(18)25-12-10-24(11-13-25)14-19(26)23-20-15(21)6-5-7-16(20)22/h3-9H,2,10-14H2,1H3,(H,23,26). The predicted octanol–water partition coefficient (Wildman–Crippen LogP) is 4.15. The molecule has 3 rings (SSSR count). The molecular weight excluding hydrogens is 385 g/mol. The maximum absolute atomic E-state index is 12.4. The molecule has 0 radical (unpaired) electrons. The molecule has 27 heavy (non-hydrogen) atoms. The molecule has 1 N–H and O–H groups in total. The molecule has 144 valence electrons. The Kier molecular flexibility index (Phi) is 6.83. The average Bonchev–Trinajstić information content (AvgIpc) is 2.66. The van der Waals surface area contributed by atoms with E-state index in [1.54, 1.807) is 18.2 Å². The molecule has 2 aromatic rings. The van der Waals surface area contributed by atoms with E-state index in [0.29, 0.717) is 28.9 Å². The van der Waals surface area contributed by atoms with E-state index in [9.17, 15) is 4.79 Å². The molecule has 0 spiro atoms. The molecule has 1 amide bonds. The zero-order chi connectivity index (χ0) is 19.2. The largest absolute Gasteiger partial charge is 0.492 e. The first kappa shape index (κ1) is 19.8. The van der Waals surface area contributed by atoms with Crippen molar-refractivity contribution in [2.75, 3.05) is 49.5 Å². The van der Waals surface area contributed by atoms with Crippen LogP contribution in [0.3, 0.4) is 0 Å². The van der Waals surface area contributed by atoms with E-state index in [4.69, 9.17) is 27.9 Å². The molecule has 1 fully saturated rings. The molecule has 0 bridgehead atoms. The number of nitrogens with one attached hydrogen (secondary N) is 1. The summed E-state index contributed by atoms with van der Waals surface area (Å²) in [5.74, 6) is 0.785. The van der Waals surface area contributed by atoms with Crippen molar-refractivity contribution < 1.29 is 9.53 Å². The van der Waals surface area contributed by atoms with Crippen molar-refractivity contribution in [1.29, 1.82) is 0 Å². The number of hydrogen-bond acceptors (Lipinski definition) is 4. The van der Waals surface area contributed by atoms with Gasteiger partial charge in [-0.3, -0.25) is 9.69 Å². The van der Waals surface area contributed by atoms with E-state index in [2.05, 4.69) is 21.2 Å². The zero-order valence-corrected chi connectivity index (χ0v) is 16.8. The number of para-hydroxylation sites is 3. The SMILES string of the molecule is CCOc1ccccc1N1CCN(CC(=O)Nc2c(Cl)cccc2Cl)CC1. The van der Waals surface area contributed by atoms with Gasteiger partial charge in [-0.15, -0.1) is 0 Å². The fraction of sp³-hybridized carbons (Fsp3) is 0.350. The monoisotopic (exact) mass is 407 g/mol. The molecule has 2 aromatic carbocycles. The number of carbonyl (C=O) groups excluding carboxylic acids is 1. The number of ether oxygens (including phenoxy) is 1. The Morgan fingerprint density at radius 3 is 2.37 bits per heavy atom. The summed E-state index contributed by atoms with van der Waals surface area (Å²) >= 11 is 12.2. The van der Waals surface area contributed by atoms with Crippen LogP contribution in [0.25, 0.3) is 0 Å². The molecule has 0 aliphatic carbocycles. The molecule has 0 unspecified atom stereocenters. The van der Waals surface area contributed by atoms with Crippen LogP contribution >= 0.6 is 23.2 Å². The summed E-state index contributed by atoms with van der Waals surface area (Å²) in [7, 11) is 0. The Balaban J connectivity index is 1.55. The van der Waals surface area contributed by atoms with Crippen molar-refractivity contribution >= 4 is 40.5 Å². The van der Waals surface area contributed by atoms with Crippen LogP contribution in [0.1, 0.15) is 6.92 Å². The molecule has 5 nitrogen and oxygen atoms in total. The Bertz CT molecular complexity index is 772. The predicted molar refractivity (Wildman–Crippen MR) is 111 cm³/mol. The minimum absolute atomic E-state index is 0.117. The van der Waals surface area contributed by atoms with E-state index >= 15 is 0 Å². The second-order valence-corrected chi connectivity index (χ2v) is 7.12. The molecule has 1 saturated heterocycles. The maximum Gasteiger partial charge on any atom is 0.238 e. The summed E-state index contributed by atoms with van der Waals surface area (Å²) in [5, 5.41) is 3.69. The van der Waals surface area contributed by atoms with Gasteiger partial charge in [-0.1, -0.05) is 41.4 Å². The van der Waals surface area contributed by atoms with Gasteiger partial charge in [-0.05, 0) is 31.2 Å². The Morgan fingerprint density at radius 1 is 1.04 bits per heavy atom. The van der Waals surface area contributed by atoms with Crippen LogP contribution in [-0.4, -0.2) is 50.1 Å². The lowest BCUT2D eigenvalue weighted by Crippen LogP contribution is -2.48. The molecule has 1 heterocycles. The summed E-state index contributed by atoms with van der Waals surface area (Å²) in [4.78, 5) is 16.8. The summed E-state index contributed by atoms with van der Waals surface area (Å²) in [6, 6.07) is 13.2. The van der Waals surface area contributed by atoms with Gasteiger partial charge in [0.1, 0.15) is 5.75 Å². The summed E-state index contributed by atoms with van der Waals surface area (Å²) in [6.07, 6.45) is 0. The van der Waals surface area contributed by atoms with Crippen molar-refractivity contribution in [2.45, 2.75) is 6.92 Å². The highest BCUT2D eigenvalue weighted by Crippen LogP contribution is 2.30. The second-order valence-electron chi connectivity index (χ2n) is 6.31. The van der Waals surface area contributed by atoms with Crippen LogP contribution in [-0.2, 0) is 4.79 Å². The highest BCUT2D eigenvalue weighted by molar-refractivity contribution is 6.39. The normalized spacial score (nSPS) is 14.9. The summed E-state index contributed by atoms with van der Waals surface area (Å²) < 4.78 is 5.73. The van der Waals surface area contributed by atoms with Gasteiger partial charge in [0, 0.05) is 26.2 Å². The zero-order valence-electron chi connectivity index (χ0n) is 15.3. The average molecular weight is 408 g/mol. The molecule has 7 heteroatoms. The Labute approximate surface area is 169 Å². The quantitative estimate of drug-likeness (QED) is 0.780. The van der Waals surface area contributed by atoms with Crippen molar-refractivity contribution in [3.05, 3.63) is 52.5 Å². The van der Waals surface area contributed by atoms with Crippen LogP contribution in [0.15, 0.2) is 42.5 Å². The Morgan fingerprint density at radius 2 is 1.70 bits per heavy atom. The second kappa shape index (κ2) is 9.31. The fourth-order valence-electron chi connectivity index (χ4n) is 3.14. The van der Waals surface area contributed by atoms with Crippen LogP contribution in [0.2, 0.25) is 10.0 Å². The molecule has 0 atom stereocenters. The van der Waals surface area contributed by atoms with E-state index in [-0.39, 0.29) is 5.91 Å². The summed E-state index contributed by atoms with van der Waals surface area (Å²) in [6.45, 7) is 6.20. The van der Waals surface area contributed by atoms with Gasteiger partial charge in [-0.25, -0.2) is 0 Å². The molecule has 1 aliphatic heterocycles. The molecule has 0 saturated carbocycles. The van der Waals surface area contributed by atoms with Crippen LogP contribution in [0, 0.1) is 0 Å². The van der Waals surface area contributed by atoms with Gasteiger partial charge < -0.3 is 15.0 Å². The minimum atomic E-state index is -0.117.